The standard InChI is InChI=1S/C25H26N6O3/c32-24(28-19-6-5-7-20(15-19)34-13-12-30-17-26-16-27-30)18-9-10-21-22(14-18)29-23-8-3-1-2-4-11-31(23)25(21)33/h5-7,9-10,14-17H,1-4,8,11-13H2,(H,28,32). The van der Waals surface area contributed by atoms with Crippen LogP contribution in [-0.2, 0) is 19.5 Å². The van der Waals surface area contributed by atoms with Gasteiger partial charge in [0.15, 0.2) is 0 Å². The SMILES string of the molecule is O=C(Nc1cccc(OCCn2cncn2)c1)c1ccc2c(=O)n3c(nc2c1)CCCCCC3. The second-order valence-corrected chi connectivity index (χ2v) is 8.37. The first-order valence-electron chi connectivity index (χ1n) is 11.6. The molecule has 0 atom stereocenters. The number of aromatic nitrogens is 5. The molecule has 0 aliphatic carbocycles. The third-order valence-electron chi connectivity index (χ3n) is 5.98. The largest absolute Gasteiger partial charge is 0.492 e. The molecule has 1 N–H and O–H groups in total. The van der Waals surface area contributed by atoms with E-state index in [-0.39, 0.29) is 11.5 Å². The molecule has 5 rings (SSSR count). The van der Waals surface area contributed by atoms with Crippen molar-refractivity contribution in [3.63, 3.8) is 0 Å². The topological polar surface area (TPSA) is 104 Å². The van der Waals surface area contributed by atoms with Gasteiger partial charge >= 0.3 is 0 Å². The van der Waals surface area contributed by atoms with Crippen molar-refractivity contribution in [3.05, 3.63) is 76.9 Å². The summed E-state index contributed by atoms with van der Waals surface area (Å²) < 4.78 is 9.25. The second-order valence-electron chi connectivity index (χ2n) is 8.37. The molecule has 1 aliphatic rings. The van der Waals surface area contributed by atoms with Crippen LogP contribution >= 0.6 is 0 Å². The minimum Gasteiger partial charge on any atom is -0.492 e. The smallest absolute Gasteiger partial charge is 0.261 e. The minimum absolute atomic E-state index is 0.0235. The summed E-state index contributed by atoms with van der Waals surface area (Å²) in [5.74, 6) is 1.19. The van der Waals surface area contributed by atoms with Crippen molar-refractivity contribution in [2.75, 3.05) is 11.9 Å². The summed E-state index contributed by atoms with van der Waals surface area (Å²) in [5, 5.41) is 7.49. The van der Waals surface area contributed by atoms with Gasteiger partial charge in [-0.25, -0.2) is 14.6 Å². The molecular weight excluding hydrogens is 432 g/mol. The Morgan fingerprint density at radius 3 is 2.88 bits per heavy atom. The van der Waals surface area contributed by atoms with Gasteiger partial charge in [0.25, 0.3) is 11.5 Å². The molecule has 0 fully saturated rings. The molecule has 0 radical (unpaired) electrons. The van der Waals surface area contributed by atoms with E-state index in [0.717, 1.165) is 37.9 Å². The minimum atomic E-state index is -0.268. The van der Waals surface area contributed by atoms with Crippen LogP contribution in [0.25, 0.3) is 10.9 Å². The predicted octanol–water partition coefficient (Wildman–Crippen LogP) is 3.44. The van der Waals surface area contributed by atoms with Crippen molar-refractivity contribution in [3.8, 4) is 5.75 Å². The van der Waals surface area contributed by atoms with Gasteiger partial charge in [0, 0.05) is 30.3 Å². The molecule has 9 heteroatoms. The van der Waals surface area contributed by atoms with E-state index < -0.39 is 0 Å². The molecule has 2 aromatic carbocycles. The van der Waals surface area contributed by atoms with Crippen molar-refractivity contribution in [1.82, 2.24) is 24.3 Å². The van der Waals surface area contributed by atoms with Gasteiger partial charge in [-0.15, -0.1) is 0 Å². The Kier molecular flexibility index (Phi) is 6.33. The highest BCUT2D eigenvalue weighted by Gasteiger charge is 2.15. The number of hydrogen-bond donors (Lipinski definition) is 1. The number of nitrogens with zero attached hydrogens (tertiary/aromatic N) is 5. The lowest BCUT2D eigenvalue weighted by molar-refractivity contribution is 0.102. The molecule has 174 valence electrons. The number of carbonyl (C=O) groups is 1. The van der Waals surface area contributed by atoms with Crippen molar-refractivity contribution >= 4 is 22.5 Å². The van der Waals surface area contributed by atoms with Crippen LogP contribution in [0.3, 0.4) is 0 Å². The van der Waals surface area contributed by atoms with Gasteiger partial charge in [0.05, 0.1) is 17.4 Å². The first kappa shape index (κ1) is 21.8. The maximum atomic E-state index is 13.0. The van der Waals surface area contributed by atoms with Gasteiger partial charge < -0.3 is 10.1 Å². The summed E-state index contributed by atoms with van der Waals surface area (Å²) in [6, 6.07) is 12.3. The summed E-state index contributed by atoms with van der Waals surface area (Å²) in [6.45, 7) is 1.71. The number of nitrogens with one attached hydrogen (secondary N) is 1. The molecule has 0 unspecified atom stereocenters. The average molecular weight is 459 g/mol. The van der Waals surface area contributed by atoms with E-state index in [1.807, 2.05) is 12.1 Å². The summed E-state index contributed by atoms with van der Waals surface area (Å²) in [4.78, 5) is 34.6. The quantitative estimate of drug-likeness (QED) is 0.475. The summed E-state index contributed by atoms with van der Waals surface area (Å²) >= 11 is 0. The third kappa shape index (κ3) is 4.83. The van der Waals surface area contributed by atoms with Crippen LogP contribution in [0.15, 0.2) is 59.9 Å². The Hall–Kier alpha value is -4.01. The van der Waals surface area contributed by atoms with Gasteiger partial charge in [0.2, 0.25) is 0 Å². The number of carbonyl (C=O) groups excluding carboxylic acids is 1. The van der Waals surface area contributed by atoms with Crippen molar-refractivity contribution in [2.45, 2.75) is 45.2 Å². The van der Waals surface area contributed by atoms with Crippen LogP contribution in [0.5, 0.6) is 5.75 Å². The molecule has 3 heterocycles. The van der Waals surface area contributed by atoms with E-state index in [9.17, 15) is 9.59 Å². The van der Waals surface area contributed by atoms with Crippen LogP contribution in [-0.4, -0.2) is 36.8 Å². The first-order valence-corrected chi connectivity index (χ1v) is 11.6. The molecule has 1 amide bonds. The summed E-state index contributed by atoms with van der Waals surface area (Å²) in [6.07, 6.45) is 8.19. The fourth-order valence-electron chi connectivity index (χ4n) is 4.21. The lowest BCUT2D eigenvalue weighted by Gasteiger charge is -2.16. The van der Waals surface area contributed by atoms with E-state index in [0.29, 0.717) is 47.6 Å². The number of ether oxygens (including phenoxy) is 1. The summed E-state index contributed by atoms with van der Waals surface area (Å²) in [5.41, 5.74) is 1.61. The monoisotopic (exact) mass is 458 g/mol. The molecule has 4 aromatic rings. The van der Waals surface area contributed by atoms with Gasteiger partial charge in [-0.1, -0.05) is 18.9 Å². The molecule has 0 bridgehead atoms. The maximum absolute atomic E-state index is 13.0. The van der Waals surface area contributed by atoms with Crippen molar-refractivity contribution in [2.24, 2.45) is 0 Å². The van der Waals surface area contributed by atoms with E-state index >= 15 is 0 Å². The van der Waals surface area contributed by atoms with Crippen LogP contribution in [0.4, 0.5) is 5.69 Å². The fraction of sp³-hybridized carbons (Fsp3) is 0.320. The zero-order valence-electron chi connectivity index (χ0n) is 18.8. The number of hydrogen-bond acceptors (Lipinski definition) is 6. The Morgan fingerprint density at radius 2 is 2.00 bits per heavy atom. The predicted molar refractivity (Wildman–Crippen MR) is 128 cm³/mol. The number of aryl methyl sites for hydroxylation is 1. The number of rotatable bonds is 6. The van der Waals surface area contributed by atoms with Gasteiger partial charge in [-0.2, -0.15) is 5.10 Å². The van der Waals surface area contributed by atoms with E-state index in [1.165, 1.54) is 6.33 Å². The number of fused-ring (bicyclic) bond motifs is 2. The van der Waals surface area contributed by atoms with E-state index in [4.69, 9.17) is 9.72 Å². The molecule has 2 aromatic heterocycles. The molecular formula is C25H26N6O3. The van der Waals surface area contributed by atoms with Gasteiger partial charge in [-0.05, 0) is 43.2 Å². The van der Waals surface area contributed by atoms with Crippen molar-refractivity contribution in [1.29, 1.82) is 0 Å². The second kappa shape index (κ2) is 9.86. The molecule has 9 nitrogen and oxygen atoms in total. The lowest BCUT2D eigenvalue weighted by Crippen LogP contribution is -2.26. The fourth-order valence-corrected chi connectivity index (χ4v) is 4.21. The van der Waals surface area contributed by atoms with Gasteiger partial charge in [0.1, 0.15) is 30.8 Å². The first-order chi connectivity index (χ1) is 16.7. The third-order valence-corrected chi connectivity index (χ3v) is 5.98. The highest BCUT2D eigenvalue weighted by atomic mass is 16.5. The molecule has 0 spiro atoms. The Labute approximate surface area is 196 Å². The zero-order chi connectivity index (χ0) is 23.3. The number of anilines is 1. The van der Waals surface area contributed by atoms with Gasteiger partial charge in [-0.3, -0.25) is 14.2 Å². The van der Waals surface area contributed by atoms with E-state index in [2.05, 4.69) is 15.4 Å². The maximum Gasteiger partial charge on any atom is 0.261 e. The number of amides is 1. The lowest BCUT2D eigenvalue weighted by atomic mass is 10.1. The van der Waals surface area contributed by atoms with Crippen LogP contribution in [0.2, 0.25) is 0 Å². The van der Waals surface area contributed by atoms with Crippen LogP contribution in [0, 0.1) is 0 Å². The molecule has 1 aliphatic heterocycles. The normalized spacial score (nSPS) is 13.6. The Balaban J connectivity index is 1.31. The average Bonchev–Trinajstić information content (AvgIpc) is 3.34. The van der Waals surface area contributed by atoms with Crippen LogP contribution < -0.4 is 15.6 Å². The zero-order valence-corrected chi connectivity index (χ0v) is 18.8. The number of benzene rings is 2. The van der Waals surface area contributed by atoms with E-state index in [1.54, 1.807) is 45.9 Å². The molecule has 0 saturated heterocycles. The highest BCUT2D eigenvalue weighted by molar-refractivity contribution is 6.06. The summed E-state index contributed by atoms with van der Waals surface area (Å²) in [7, 11) is 0. The Bertz CT molecular complexity index is 1360. The Morgan fingerprint density at radius 1 is 1.09 bits per heavy atom. The van der Waals surface area contributed by atoms with Crippen molar-refractivity contribution < 1.29 is 9.53 Å². The molecule has 34 heavy (non-hydrogen) atoms. The van der Waals surface area contributed by atoms with Crippen LogP contribution in [0.1, 0.15) is 41.9 Å². The molecule has 0 saturated carbocycles. The highest BCUT2D eigenvalue weighted by Crippen LogP contribution is 2.20.